The fourth-order valence-corrected chi connectivity index (χ4v) is 4.36. The maximum Gasteiger partial charge on any atom is 0.174 e. The van der Waals surface area contributed by atoms with E-state index in [4.69, 9.17) is 12.2 Å². The third-order valence-corrected chi connectivity index (χ3v) is 5.62. The highest BCUT2D eigenvalue weighted by Gasteiger charge is 2.42. The van der Waals surface area contributed by atoms with Gasteiger partial charge in [-0.3, -0.25) is 4.98 Å². The number of pyridine rings is 1. The Labute approximate surface area is 179 Å². The molecular weight excluding hydrogens is 395 g/mol. The zero-order valence-electron chi connectivity index (χ0n) is 16.0. The van der Waals surface area contributed by atoms with E-state index in [2.05, 4.69) is 21.3 Å². The lowest BCUT2D eigenvalue weighted by atomic mass is 10.0. The van der Waals surface area contributed by atoms with Gasteiger partial charge in [-0.2, -0.15) is 0 Å². The van der Waals surface area contributed by atoms with E-state index < -0.39 is 0 Å². The van der Waals surface area contributed by atoms with Gasteiger partial charge >= 0.3 is 0 Å². The van der Waals surface area contributed by atoms with Gasteiger partial charge in [-0.05, 0) is 66.8 Å². The number of rotatable bonds is 4. The molecule has 2 unspecified atom stereocenters. The molecular formula is C24H19FN4S. The quantitative estimate of drug-likeness (QED) is 0.466. The molecule has 5 rings (SSSR count). The molecule has 4 aromatic rings. The Bertz CT molecular complexity index is 1180. The molecule has 4 nitrogen and oxygen atoms in total. The monoisotopic (exact) mass is 414 g/mol. The van der Waals surface area contributed by atoms with Crippen LogP contribution in [0.3, 0.4) is 0 Å². The highest BCUT2D eigenvalue weighted by Crippen LogP contribution is 2.42. The molecule has 2 aromatic carbocycles. The average molecular weight is 415 g/mol. The van der Waals surface area contributed by atoms with E-state index in [1.54, 1.807) is 12.3 Å². The van der Waals surface area contributed by atoms with Gasteiger partial charge in [0.2, 0.25) is 0 Å². The molecule has 1 fully saturated rings. The van der Waals surface area contributed by atoms with Crippen LogP contribution < -0.4 is 10.2 Å². The van der Waals surface area contributed by atoms with Gasteiger partial charge in [0.1, 0.15) is 11.9 Å². The Morgan fingerprint density at radius 2 is 1.67 bits per heavy atom. The molecule has 1 N–H and O–H groups in total. The molecule has 0 bridgehead atoms. The van der Waals surface area contributed by atoms with Crippen LogP contribution in [0, 0.1) is 5.82 Å². The lowest BCUT2D eigenvalue weighted by Gasteiger charge is -2.29. The van der Waals surface area contributed by atoms with Crippen molar-refractivity contribution in [3.8, 4) is 5.69 Å². The van der Waals surface area contributed by atoms with Gasteiger partial charge in [0, 0.05) is 29.5 Å². The number of nitrogens with zero attached hydrogens (tertiary/aromatic N) is 3. The van der Waals surface area contributed by atoms with E-state index in [0.29, 0.717) is 5.11 Å². The number of nitrogens with one attached hydrogen (secondary N) is 1. The average Bonchev–Trinajstić information content (AvgIpc) is 3.39. The molecule has 1 saturated heterocycles. The molecule has 0 radical (unpaired) electrons. The lowest BCUT2D eigenvalue weighted by Crippen LogP contribution is -2.30. The third-order valence-electron chi connectivity index (χ3n) is 5.30. The summed E-state index contributed by atoms with van der Waals surface area (Å²) in [4.78, 5) is 6.69. The summed E-state index contributed by atoms with van der Waals surface area (Å²) >= 11 is 5.75. The Balaban J connectivity index is 1.67. The van der Waals surface area contributed by atoms with Crippen LogP contribution in [0.1, 0.15) is 23.5 Å². The first kappa shape index (κ1) is 18.5. The second-order valence-corrected chi connectivity index (χ2v) is 7.50. The molecule has 1 aliphatic rings. The van der Waals surface area contributed by atoms with E-state index in [9.17, 15) is 4.39 Å². The van der Waals surface area contributed by atoms with E-state index >= 15 is 0 Å². The summed E-state index contributed by atoms with van der Waals surface area (Å²) in [5.41, 5.74) is 3.65. The van der Waals surface area contributed by atoms with E-state index in [1.165, 1.54) is 12.1 Å². The molecule has 0 spiro atoms. The SMILES string of the molecule is Fc1cccc(-n2cccc2C2C(c3ccccn3)NC(=S)N2c2ccccc2)c1. The van der Waals surface area contributed by atoms with Gasteiger partial charge in [0.25, 0.3) is 0 Å². The number of anilines is 1. The summed E-state index contributed by atoms with van der Waals surface area (Å²) in [6.07, 6.45) is 3.73. The van der Waals surface area contributed by atoms with Crippen molar-refractivity contribution in [3.63, 3.8) is 0 Å². The van der Waals surface area contributed by atoms with Gasteiger partial charge < -0.3 is 14.8 Å². The molecule has 2 atom stereocenters. The first-order chi connectivity index (χ1) is 14.7. The Kier molecular flexibility index (Phi) is 4.77. The van der Waals surface area contributed by atoms with Crippen LogP contribution >= 0.6 is 12.2 Å². The molecule has 3 heterocycles. The number of para-hydroxylation sites is 1. The Hall–Kier alpha value is -3.51. The zero-order chi connectivity index (χ0) is 20.5. The van der Waals surface area contributed by atoms with Crippen LogP contribution in [0.5, 0.6) is 0 Å². The first-order valence-electron chi connectivity index (χ1n) is 9.71. The number of hydrogen-bond donors (Lipinski definition) is 1. The van der Waals surface area contributed by atoms with Crippen molar-refractivity contribution in [1.29, 1.82) is 0 Å². The molecule has 6 heteroatoms. The van der Waals surface area contributed by atoms with Crippen molar-refractivity contribution in [2.45, 2.75) is 12.1 Å². The maximum absolute atomic E-state index is 13.9. The Morgan fingerprint density at radius 3 is 2.43 bits per heavy atom. The number of halogens is 1. The minimum Gasteiger partial charge on any atom is -0.351 e. The van der Waals surface area contributed by atoms with E-state index in [-0.39, 0.29) is 17.9 Å². The van der Waals surface area contributed by atoms with Gasteiger partial charge in [-0.1, -0.05) is 30.3 Å². The van der Waals surface area contributed by atoms with E-state index in [1.807, 2.05) is 71.4 Å². The van der Waals surface area contributed by atoms with Crippen LogP contribution in [0.4, 0.5) is 10.1 Å². The van der Waals surface area contributed by atoms with Crippen molar-refractivity contribution < 1.29 is 4.39 Å². The van der Waals surface area contributed by atoms with Crippen molar-refractivity contribution in [2.75, 3.05) is 4.90 Å². The zero-order valence-corrected chi connectivity index (χ0v) is 16.8. The molecule has 0 amide bonds. The Morgan fingerprint density at radius 1 is 0.867 bits per heavy atom. The van der Waals surface area contributed by atoms with Crippen molar-refractivity contribution in [1.82, 2.24) is 14.9 Å². The van der Waals surface area contributed by atoms with Crippen LogP contribution in [-0.4, -0.2) is 14.7 Å². The van der Waals surface area contributed by atoms with Crippen LogP contribution in [-0.2, 0) is 0 Å². The molecule has 0 aliphatic carbocycles. The number of benzene rings is 2. The van der Waals surface area contributed by atoms with Gasteiger partial charge in [0.05, 0.1) is 11.7 Å². The highest BCUT2D eigenvalue weighted by molar-refractivity contribution is 7.80. The molecule has 0 saturated carbocycles. The lowest BCUT2D eigenvalue weighted by molar-refractivity contribution is 0.549. The van der Waals surface area contributed by atoms with Crippen molar-refractivity contribution in [3.05, 3.63) is 115 Å². The fourth-order valence-electron chi connectivity index (χ4n) is 4.02. The van der Waals surface area contributed by atoms with E-state index in [0.717, 1.165) is 22.8 Å². The summed E-state index contributed by atoms with van der Waals surface area (Å²) in [6.45, 7) is 0. The molecule has 30 heavy (non-hydrogen) atoms. The second-order valence-electron chi connectivity index (χ2n) is 7.12. The second kappa shape index (κ2) is 7.72. The van der Waals surface area contributed by atoms with Gasteiger partial charge in [-0.15, -0.1) is 0 Å². The maximum atomic E-state index is 13.9. The van der Waals surface area contributed by atoms with Crippen molar-refractivity contribution in [2.24, 2.45) is 0 Å². The number of aromatic nitrogens is 2. The van der Waals surface area contributed by atoms with Crippen LogP contribution in [0.15, 0.2) is 97.3 Å². The molecule has 148 valence electrons. The van der Waals surface area contributed by atoms with Crippen molar-refractivity contribution >= 4 is 23.0 Å². The minimum absolute atomic E-state index is 0.152. The smallest absolute Gasteiger partial charge is 0.174 e. The third kappa shape index (κ3) is 3.25. The summed E-state index contributed by atoms with van der Waals surface area (Å²) in [7, 11) is 0. The first-order valence-corrected chi connectivity index (χ1v) is 10.1. The van der Waals surface area contributed by atoms with Gasteiger partial charge in [0.15, 0.2) is 5.11 Å². The predicted octanol–water partition coefficient (Wildman–Crippen LogP) is 5.19. The normalized spacial score (nSPS) is 18.4. The number of hydrogen-bond acceptors (Lipinski definition) is 2. The highest BCUT2D eigenvalue weighted by atomic mass is 32.1. The molecule has 2 aromatic heterocycles. The topological polar surface area (TPSA) is 33.1 Å². The predicted molar refractivity (Wildman–Crippen MR) is 120 cm³/mol. The largest absolute Gasteiger partial charge is 0.351 e. The minimum atomic E-state index is -0.270. The summed E-state index contributed by atoms with van der Waals surface area (Å²) < 4.78 is 16.0. The van der Waals surface area contributed by atoms with Gasteiger partial charge in [-0.25, -0.2) is 4.39 Å². The van der Waals surface area contributed by atoms with Crippen LogP contribution in [0.2, 0.25) is 0 Å². The summed E-state index contributed by atoms with van der Waals surface area (Å²) in [5, 5.41) is 4.09. The molecule has 1 aliphatic heterocycles. The standard InChI is InChI=1S/C24H19FN4S/c25-17-8-6-11-19(16-17)28-15-7-13-21(28)23-22(20-12-4-5-14-26-20)27-24(30)29(23)18-9-2-1-3-10-18/h1-16,22-23H,(H,27,30). The summed E-state index contributed by atoms with van der Waals surface area (Å²) in [5.74, 6) is -0.270. The number of thiocarbonyl (C=S) groups is 1. The van der Waals surface area contributed by atoms with Crippen LogP contribution in [0.25, 0.3) is 5.69 Å². The fraction of sp³-hybridized carbons (Fsp3) is 0.0833. The summed E-state index contributed by atoms with van der Waals surface area (Å²) in [6, 6.07) is 26.2.